The molecule has 1 aromatic heterocycles. The molecule has 1 fully saturated rings. The van der Waals surface area contributed by atoms with Crippen LogP contribution < -0.4 is 5.73 Å². The normalized spacial score (nSPS) is 17.3. The van der Waals surface area contributed by atoms with Crippen LogP contribution in [0.25, 0.3) is 0 Å². The van der Waals surface area contributed by atoms with Crippen LogP contribution in [0.3, 0.4) is 0 Å². The summed E-state index contributed by atoms with van der Waals surface area (Å²) in [5.41, 5.74) is 7.82. The fraction of sp³-hybridized carbons (Fsp3) is 0.625. The van der Waals surface area contributed by atoms with E-state index in [1.54, 1.807) is 0 Å². The molecule has 2 N–H and O–H groups in total. The van der Waals surface area contributed by atoms with Crippen molar-refractivity contribution in [1.82, 2.24) is 9.78 Å². The van der Waals surface area contributed by atoms with Gasteiger partial charge in [0.1, 0.15) is 0 Å². The summed E-state index contributed by atoms with van der Waals surface area (Å²) in [6, 6.07) is 2.72. The van der Waals surface area contributed by atoms with E-state index < -0.39 is 0 Å². The Bertz CT molecular complexity index is 260. The molecule has 0 amide bonds. The van der Waals surface area contributed by atoms with Crippen molar-refractivity contribution in [2.24, 2.45) is 5.73 Å². The number of rotatable bonds is 2. The lowest BCUT2D eigenvalue weighted by Gasteiger charge is -2.01. The summed E-state index contributed by atoms with van der Waals surface area (Å²) in [7, 11) is 0. The molecule has 1 aromatic rings. The molecule has 0 aliphatic heterocycles. The molecule has 11 heavy (non-hydrogen) atoms. The van der Waals surface area contributed by atoms with Gasteiger partial charge in [-0.2, -0.15) is 5.10 Å². The Hall–Kier alpha value is -0.830. The van der Waals surface area contributed by atoms with E-state index in [1.807, 2.05) is 6.92 Å². The molecule has 0 spiro atoms. The Labute approximate surface area is 66.2 Å². The quantitative estimate of drug-likeness (QED) is 0.684. The zero-order valence-electron chi connectivity index (χ0n) is 6.75. The predicted molar refractivity (Wildman–Crippen MR) is 43.1 cm³/mol. The number of hydrogen-bond acceptors (Lipinski definition) is 2. The third-order valence-corrected chi connectivity index (χ3v) is 2.04. The summed E-state index contributed by atoms with van der Waals surface area (Å²) >= 11 is 0. The zero-order chi connectivity index (χ0) is 7.84. The Balaban J connectivity index is 2.34. The molecule has 60 valence electrons. The monoisotopic (exact) mass is 151 g/mol. The fourth-order valence-electron chi connectivity index (χ4n) is 1.36. The summed E-state index contributed by atoms with van der Waals surface area (Å²) in [5, 5.41) is 4.38. The molecule has 0 saturated heterocycles. The Morgan fingerprint density at radius 3 is 3.00 bits per heavy atom. The molecule has 1 aliphatic carbocycles. The van der Waals surface area contributed by atoms with Gasteiger partial charge in [-0.3, -0.25) is 4.68 Å². The zero-order valence-corrected chi connectivity index (χ0v) is 6.75. The van der Waals surface area contributed by atoms with E-state index >= 15 is 0 Å². The van der Waals surface area contributed by atoms with Crippen LogP contribution in [-0.4, -0.2) is 9.78 Å². The standard InChI is InChI=1S/C8H13N3/c1-6-4-8(5-9)11(10-6)7-2-3-7/h4,7H,2-3,5,9H2,1H3. The molecule has 0 unspecified atom stereocenters. The molecule has 0 radical (unpaired) electrons. The smallest absolute Gasteiger partial charge is 0.0597 e. The molecule has 3 heteroatoms. The van der Waals surface area contributed by atoms with Gasteiger partial charge in [-0.15, -0.1) is 0 Å². The molecular formula is C8H13N3. The molecule has 3 nitrogen and oxygen atoms in total. The third-order valence-electron chi connectivity index (χ3n) is 2.04. The summed E-state index contributed by atoms with van der Waals surface area (Å²) in [5.74, 6) is 0. The van der Waals surface area contributed by atoms with Gasteiger partial charge < -0.3 is 5.73 Å². The van der Waals surface area contributed by atoms with Gasteiger partial charge in [0, 0.05) is 6.54 Å². The van der Waals surface area contributed by atoms with Crippen LogP contribution >= 0.6 is 0 Å². The lowest BCUT2D eigenvalue weighted by Crippen LogP contribution is -2.06. The van der Waals surface area contributed by atoms with E-state index in [2.05, 4.69) is 15.8 Å². The van der Waals surface area contributed by atoms with E-state index in [1.165, 1.54) is 18.5 Å². The molecular weight excluding hydrogens is 138 g/mol. The lowest BCUT2D eigenvalue weighted by molar-refractivity contribution is 0.602. The highest BCUT2D eigenvalue weighted by molar-refractivity contribution is 5.10. The molecule has 1 saturated carbocycles. The van der Waals surface area contributed by atoms with E-state index in [0.717, 1.165) is 5.69 Å². The van der Waals surface area contributed by atoms with E-state index in [-0.39, 0.29) is 0 Å². The van der Waals surface area contributed by atoms with Crippen molar-refractivity contribution < 1.29 is 0 Å². The van der Waals surface area contributed by atoms with Crippen LogP contribution in [0.4, 0.5) is 0 Å². The minimum Gasteiger partial charge on any atom is -0.325 e. The highest BCUT2D eigenvalue weighted by Crippen LogP contribution is 2.35. The summed E-state index contributed by atoms with van der Waals surface area (Å²) in [6.45, 7) is 2.62. The number of aryl methyl sites for hydroxylation is 1. The number of nitrogens with two attached hydrogens (primary N) is 1. The largest absolute Gasteiger partial charge is 0.325 e. The van der Waals surface area contributed by atoms with E-state index in [9.17, 15) is 0 Å². The Kier molecular flexibility index (Phi) is 1.46. The predicted octanol–water partition coefficient (Wildman–Crippen LogP) is 0.985. The van der Waals surface area contributed by atoms with Gasteiger partial charge in [-0.25, -0.2) is 0 Å². The van der Waals surface area contributed by atoms with Crippen LogP contribution in [-0.2, 0) is 6.54 Å². The summed E-state index contributed by atoms with van der Waals surface area (Å²) in [6.07, 6.45) is 2.54. The minimum atomic E-state index is 0.608. The van der Waals surface area contributed by atoms with Crippen molar-refractivity contribution in [3.63, 3.8) is 0 Å². The van der Waals surface area contributed by atoms with Gasteiger partial charge in [-0.1, -0.05) is 0 Å². The first-order valence-corrected chi connectivity index (χ1v) is 4.06. The van der Waals surface area contributed by atoms with E-state index in [4.69, 9.17) is 5.73 Å². The average Bonchev–Trinajstić information content (AvgIpc) is 2.75. The number of aromatic nitrogens is 2. The maximum Gasteiger partial charge on any atom is 0.0597 e. The first-order valence-electron chi connectivity index (χ1n) is 4.06. The van der Waals surface area contributed by atoms with Gasteiger partial charge in [0.15, 0.2) is 0 Å². The molecule has 0 bridgehead atoms. The van der Waals surface area contributed by atoms with Crippen molar-refractivity contribution in [3.8, 4) is 0 Å². The summed E-state index contributed by atoms with van der Waals surface area (Å²) < 4.78 is 2.08. The summed E-state index contributed by atoms with van der Waals surface area (Å²) in [4.78, 5) is 0. The van der Waals surface area contributed by atoms with Crippen LogP contribution in [0.15, 0.2) is 6.07 Å². The molecule has 1 aliphatic rings. The minimum absolute atomic E-state index is 0.608. The highest BCUT2D eigenvalue weighted by Gasteiger charge is 2.26. The molecule has 2 rings (SSSR count). The number of nitrogens with zero attached hydrogens (tertiary/aromatic N) is 2. The van der Waals surface area contributed by atoms with E-state index in [0.29, 0.717) is 12.6 Å². The van der Waals surface area contributed by atoms with Gasteiger partial charge in [0.2, 0.25) is 0 Å². The van der Waals surface area contributed by atoms with Crippen molar-refractivity contribution in [2.45, 2.75) is 32.4 Å². The van der Waals surface area contributed by atoms with Crippen LogP contribution in [0.1, 0.15) is 30.3 Å². The SMILES string of the molecule is Cc1cc(CN)n(C2CC2)n1. The second-order valence-electron chi connectivity index (χ2n) is 3.16. The van der Waals surface area contributed by atoms with Crippen LogP contribution in [0.5, 0.6) is 0 Å². The maximum absolute atomic E-state index is 5.57. The van der Waals surface area contributed by atoms with Crippen LogP contribution in [0, 0.1) is 6.92 Å². The first kappa shape index (κ1) is 6.85. The first-order chi connectivity index (χ1) is 5.31. The molecule has 0 aromatic carbocycles. The molecule has 1 heterocycles. The van der Waals surface area contributed by atoms with Crippen molar-refractivity contribution in [1.29, 1.82) is 0 Å². The van der Waals surface area contributed by atoms with Crippen molar-refractivity contribution in [2.75, 3.05) is 0 Å². The van der Waals surface area contributed by atoms with Crippen LogP contribution in [0.2, 0.25) is 0 Å². The van der Waals surface area contributed by atoms with Crippen molar-refractivity contribution in [3.05, 3.63) is 17.5 Å². The Morgan fingerprint density at radius 1 is 1.73 bits per heavy atom. The van der Waals surface area contributed by atoms with Gasteiger partial charge >= 0.3 is 0 Å². The topological polar surface area (TPSA) is 43.8 Å². The maximum atomic E-state index is 5.57. The fourth-order valence-corrected chi connectivity index (χ4v) is 1.36. The average molecular weight is 151 g/mol. The third kappa shape index (κ3) is 1.16. The number of hydrogen-bond donors (Lipinski definition) is 1. The van der Waals surface area contributed by atoms with Gasteiger partial charge in [-0.05, 0) is 25.8 Å². The van der Waals surface area contributed by atoms with Gasteiger partial charge in [0.25, 0.3) is 0 Å². The molecule has 0 atom stereocenters. The second kappa shape index (κ2) is 2.34. The second-order valence-corrected chi connectivity index (χ2v) is 3.16. The highest BCUT2D eigenvalue weighted by atomic mass is 15.3. The van der Waals surface area contributed by atoms with Crippen molar-refractivity contribution >= 4 is 0 Å². The lowest BCUT2D eigenvalue weighted by atomic mass is 10.4. The van der Waals surface area contributed by atoms with Gasteiger partial charge in [0.05, 0.1) is 17.4 Å². The Morgan fingerprint density at radius 2 is 2.45 bits per heavy atom.